The Morgan fingerprint density at radius 3 is 2.35 bits per heavy atom. The predicted octanol–water partition coefficient (Wildman–Crippen LogP) is 8.58. The first-order valence-corrected chi connectivity index (χ1v) is 23.5. The van der Waals surface area contributed by atoms with Crippen molar-refractivity contribution >= 4 is 40.4 Å². The molecule has 1 fully saturated rings. The van der Waals surface area contributed by atoms with E-state index >= 15 is 0 Å². The number of nitrogens with zero attached hydrogens (tertiary/aromatic N) is 6. The highest BCUT2D eigenvalue weighted by Gasteiger charge is 2.44. The van der Waals surface area contributed by atoms with Crippen molar-refractivity contribution in [1.29, 1.82) is 0 Å². The number of hydrogen-bond donors (Lipinski definition) is 3. The Morgan fingerprint density at radius 2 is 1.70 bits per heavy atom. The Balaban J connectivity index is 0.921. The van der Waals surface area contributed by atoms with Crippen LogP contribution in [0.2, 0.25) is 0 Å². The summed E-state index contributed by atoms with van der Waals surface area (Å²) < 4.78 is 13.3. The van der Waals surface area contributed by atoms with E-state index in [1.165, 1.54) is 4.90 Å². The molecule has 1 saturated heterocycles. The third-order valence-corrected chi connectivity index (χ3v) is 13.2. The molecule has 66 heavy (non-hydrogen) atoms. The van der Waals surface area contributed by atoms with E-state index in [2.05, 4.69) is 80.0 Å². The number of benzene rings is 3. The van der Waals surface area contributed by atoms with Crippen LogP contribution < -0.4 is 15.5 Å². The first kappa shape index (κ1) is 47.8. The minimum Gasteiger partial charge on any atom is -0.391 e. The summed E-state index contributed by atoms with van der Waals surface area (Å²) in [7, 11) is 0. The Kier molecular flexibility index (Phi) is 15.2. The molecule has 0 radical (unpaired) electrons. The van der Waals surface area contributed by atoms with Gasteiger partial charge in [-0.25, -0.2) is 9.97 Å². The molecular formula is C51H62N8O6S. The lowest BCUT2D eigenvalue weighted by Crippen LogP contribution is -2.58. The number of likely N-dealkylation sites (tertiary alicyclic amines) is 1. The lowest BCUT2D eigenvalue weighted by Gasteiger charge is -2.35. The van der Waals surface area contributed by atoms with Gasteiger partial charge in [-0.05, 0) is 112 Å². The zero-order valence-corrected chi connectivity index (χ0v) is 40.0. The van der Waals surface area contributed by atoms with Crippen molar-refractivity contribution in [2.45, 2.75) is 105 Å². The molecular weight excluding hydrogens is 853 g/mol. The van der Waals surface area contributed by atoms with Gasteiger partial charge >= 0.3 is 0 Å². The van der Waals surface area contributed by atoms with Crippen molar-refractivity contribution in [3.8, 4) is 27.3 Å². The maximum atomic E-state index is 14.2. The summed E-state index contributed by atoms with van der Waals surface area (Å²) in [5, 5.41) is 20.8. The smallest absolute Gasteiger partial charge is 0.246 e. The molecule has 6 aromatic rings. The molecule has 3 amide bonds. The maximum absolute atomic E-state index is 14.2. The van der Waals surface area contributed by atoms with Crippen LogP contribution in [0, 0.1) is 33.1 Å². The third-order valence-electron chi connectivity index (χ3n) is 12.2. The van der Waals surface area contributed by atoms with Crippen LogP contribution in [-0.4, -0.2) is 91.9 Å². The number of rotatable bonds is 18. The molecule has 3 aromatic heterocycles. The van der Waals surface area contributed by atoms with Crippen LogP contribution in [0.15, 0.2) is 95.5 Å². The fourth-order valence-electron chi connectivity index (χ4n) is 8.59. The third kappa shape index (κ3) is 11.3. The van der Waals surface area contributed by atoms with Crippen LogP contribution in [0.3, 0.4) is 0 Å². The molecule has 0 bridgehead atoms. The number of ether oxygens (including phenoxy) is 1. The lowest BCUT2D eigenvalue weighted by atomic mass is 9.85. The number of β-amino-alcohol motifs (C(OH)–C–C–N with tert-alkyl or cyclic N) is 1. The number of hydrogen-bond acceptors (Lipinski definition) is 11. The van der Waals surface area contributed by atoms with Gasteiger partial charge in [0.15, 0.2) is 0 Å². The number of imidazole rings is 1. The summed E-state index contributed by atoms with van der Waals surface area (Å²) in [6.45, 7) is 16.4. The van der Waals surface area contributed by atoms with Gasteiger partial charge in [0, 0.05) is 61.1 Å². The molecule has 4 atom stereocenters. The van der Waals surface area contributed by atoms with Crippen molar-refractivity contribution in [2.75, 3.05) is 31.2 Å². The van der Waals surface area contributed by atoms with Gasteiger partial charge in [-0.3, -0.25) is 14.4 Å². The Labute approximate surface area is 391 Å². The maximum Gasteiger partial charge on any atom is 0.246 e. The molecule has 0 unspecified atom stereocenters. The number of aliphatic hydroxyl groups excluding tert-OH is 1. The highest BCUT2D eigenvalue weighted by Crippen LogP contribution is 2.36. The minimum absolute atomic E-state index is 0.00634. The first-order chi connectivity index (χ1) is 31.6. The van der Waals surface area contributed by atoms with E-state index in [0.29, 0.717) is 6.61 Å². The average Bonchev–Trinajstić information content (AvgIpc) is 4.13. The summed E-state index contributed by atoms with van der Waals surface area (Å²) in [4.78, 5) is 54.6. The minimum atomic E-state index is -0.950. The van der Waals surface area contributed by atoms with Crippen molar-refractivity contribution in [2.24, 2.45) is 5.41 Å². The standard InChI is InChI=1S/C51H62N8O6S/c1-32-12-13-39(46-34(3)56-65-36(46)5)26-43(32)58(41-20-18-40(19-21-41)57-24-22-52-30-57)23-10-9-11-25-64-29-45(61)55-48(51(6,7)8)50(63)59-28-42(60)27-44(59)49(62)54-33(2)37-14-16-38(17-15-37)47-35(4)53-31-66-47/h12-22,24,26,30-31,33,42,44,48,60H,9-11,23,25,27-29H2,1-8H3,(H,54,62)(H,55,61)/t33-,42+,44-,48+/m0/s1. The summed E-state index contributed by atoms with van der Waals surface area (Å²) in [6.07, 6.45) is 7.15. The van der Waals surface area contributed by atoms with Gasteiger partial charge in [-0.1, -0.05) is 62.3 Å². The second-order valence-electron chi connectivity index (χ2n) is 18.3. The van der Waals surface area contributed by atoms with E-state index in [1.807, 2.05) is 89.0 Å². The van der Waals surface area contributed by atoms with Crippen molar-refractivity contribution < 1.29 is 28.8 Å². The number of amides is 3. The molecule has 15 heteroatoms. The molecule has 4 heterocycles. The second kappa shape index (κ2) is 21.0. The predicted molar refractivity (Wildman–Crippen MR) is 258 cm³/mol. The van der Waals surface area contributed by atoms with Gasteiger partial charge in [0.05, 0.1) is 40.2 Å². The van der Waals surface area contributed by atoms with Crippen LogP contribution >= 0.6 is 11.3 Å². The fraction of sp³-hybridized carbons (Fsp3) is 0.412. The zero-order valence-electron chi connectivity index (χ0n) is 39.2. The summed E-state index contributed by atoms with van der Waals surface area (Å²) in [5.41, 5.74) is 11.3. The number of carbonyl (C=O) groups excluding carboxylic acids is 3. The quantitative estimate of drug-likeness (QED) is 0.0711. The SMILES string of the molecule is Cc1ccc(-c2c(C)noc2C)cc1N(CCCCCOCC(=O)N[C@H](C(=O)N1C[C@H](O)C[C@H]1C(=O)N[C@@H](C)c1ccc(-c2scnc2C)cc1)C(C)(C)C)c1ccc(-n2ccnc2)cc1. The number of unbranched alkanes of at least 4 members (excludes halogenated alkanes) is 2. The molecule has 14 nitrogen and oxygen atoms in total. The monoisotopic (exact) mass is 914 g/mol. The molecule has 348 valence electrons. The second-order valence-corrected chi connectivity index (χ2v) is 19.2. The van der Waals surface area contributed by atoms with E-state index in [-0.39, 0.29) is 31.5 Å². The number of aryl methyl sites for hydroxylation is 4. The van der Waals surface area contributed by atoms with Crippen molar-refractivity contribution in [1.82, 2.24) is 35.2 Å². The van der Waals surface area contributed by atoms with Gasteiger partial charge in [0.2, 0.25) is 17.7 Å². The van der Waals surface area contributed by atoms with Crippen LogP contribution in [0.5, 0.6) is 0 Å². The normalized spacial score (nSPS) is 16.0. The van der Waals surface area contributed by atoms with Crippen molar-refractivity contribution in [3.63, 3.8) is 0 Å². The number of anilines is 2. The van der Waals surface area contributed by atoms with Crippen LogP contribution in [-0.2, 0) is 19.1 Å². The van der Waals surface area contributed by atoms with E-state index in [9.17, 15) is 19.5 Å². The van der Waals surface area contributed by atoms with E-state index in [0.717, 1.165) is 92.7 Å². The molecule has 7 rings (SSSR count). The number of aliphatic hydroxyl groups is 1. The topological polar surface area (TPSA) is 168 Å². The van der Waals surface area contributed by atoms with Crippen LogP contribution in [0.1, 0.15) is 87.7 Å². The lowest BCUT2D eigenvalue weighted by molar-refractivity contribution is -0.144. The average molecular weight is 915 g/mol. The molecule has 3 aromatic carbocycles. The first-order valence-electron chi connectivity index (χ1n) is 22.6. The summed E-state index contributed by atoms with van der Waals surface area (Å²) in [6, 6.07) is 20.7. The number of carbonyl (C=O) groups is 3. The van der Waals surface area contributed by atoms with Gasteiger partial charge in [0.1, 0.15) is 24.5 Å². The van der Waals surface area contributed by atoms with E-state index in [4.69, 9.17) is 9.26 Å². The molecule has 0 spiro atoms. The number of thiazole rings is 1. The number of nitrogens with one attached hydrogen (secondary N) is 2. The molecule has 3 N–H and O–H groups in total. The Bertz CT molecular complexity index is 2560. The molecule has 0 aliphatic carbocycles. The Morgan fingerprint density at radius 1 is 0.955 bits per heavy atom. The van der Waals surface area contributed by atoms with E-state index < -0.39 is 35.4 Å². The summed E-state index contributed by atoms with van der Waals surface area (Å²) >= 11 is 1.58. The van der Waals surface area contributed by atoms with Crippen molar-refractivity contribution in [3.05, 3.63) is 119 Å². The zero-order chi connectivity index (χ0) is 47.1. The summed E-state index contributed by atoms with van der Waals surface area (Å²) in [5.74, 6) is -0.421. The van der Waals surface area contributed by atoms with Crippen LogP contribution in [0.4, 0.5) is 11.4 Å². The molecule has 0 saturated carbocycles. The van der Waals surface area contributed by atoms with Gasteiger partial charge in [0.25, 0.3) is 0 Å². The number of aromatic nitrogens is 4. The molecule has 1 aliphatic heterocycles. The fourth-order valence-corrected chi connectivity index (χ4v) is 9.40. The molecule has 1 aliphatic rings. The van der Waals surface area contributed by atoms with Gasteiger partial charge in [-0.15, -0.1) is 11.3 Å². The largest absolute Gasteiger partial charge is 0.391 e. The highest BCUT2D eigenvalue weighted by molar-refractivity contribution is 7.13. The van der Waals surface area contributed by atoms with Crippen LogP contribution in [0.25, 0.3) is 27.3 Å². The van der Waals surface area contributed by atoms with E-state index in [1.54, 1.807) is 23.9 Å². The Hall–Kier alpha value is -6.16. The van der Waals surface area contributed by atoms with Gasteiger partial charge in [-0.2, -0.15) is 0 Å². The highest BCUT2D eigenvalue weighted by atomic mass is 32.1. The van der Waals surface area contributed by atoms with Gasteiger partial charge < -0.3 is 39.4 Å².